The molecule has 1 unspecified atom stereocenters. The lowest BCUT2D eigenvalue weighted by molar-refractivity contribution is 0.463. The number of fused-ring (bicyclic) bond motifs is 1. The predicted molar refractivity (Wildman–Crippen MR) is 45.8 cm³/mol. The zero-order valence-corrected chi connectivity index (χ0v) is 6.90. The average Bonchev–Trinajstić information content (AvgIpc) is 2.28. The highest BCUT2D eigenvalue weighted by molar-refractivity contribution is 5.07. The molecule has 1 fully saturated rings. The number of hydrogen-bond acceptors (Lipinski definition) is 2. The molecule has 2 aliphatic rings. The smallest absolute Gasteiger partial charge is 0.0252 e. The molecule has 1 heterocycles. The Bertz CT molecular complexity index is 163. The maximum atomic E-state index is 3.29. The summed E-state index contributed by atoms with van der Waals surface area (Å²) in [7, 11) is 0. The Morgan fingerprint density at radius 2 is 2.18 bits per heavy atom. The van der Waals surface area contributed by atoms with E-state index in [0.717, 1.165) is 12.5 Å². The fourth-order valence-corrected chi connectivity index (χ4v) is 2.00. The maximum Gasteiger partial charge on any atom is 0.0252 e. The van der Waals surface area contributed by atoms with Crippen LogP contribution in [0, 0.1) is 5.92 Å². The van der Waals surface area contributed by atoms with Crippen LogP contribution in [0.25, 0.3) is 0 Å². The zero-order valence-electron chi connectivity index (χ0n) is 6.90. The summed E-state index contributed by atoms with van der Waals surface area (Å²) in [6.45, 7) is 1.12. The molecule has 0 bridgehead atoms. The topological polar surface area (TPSA) is 24.1 Å². The van der Waals surface area contributed by atoms with Gasteiger partial charge in [-0.1, -0.05) is 6.08 Å². The molecule has 0 radical (unpaired) electrons. The van der Waals surface area contributed by atoms with Crippen LogP contribution >= 0.6 is 0 Å². The van der Waals surface area contributed by atoms with Gasteiger partial charge >= 0.3 is 0 Å². The van der Waals surface area contributed by atoms with Crippen molar-refractivity contribution in [1.29, 1.82) is 0 Å². The van der Waals surface area contributed by atoms with Gasteiger partial charge in [0.25, 0.3) is 0 Å². The molecule has 1 aliphatic heterocycles. The van der Waals surface area contributed by atoms with E-state index < -0.39 is 0 Å². The van der Waals surface area contributed by atoms with Gasteiger partial charge < -0.3 is 5.43 Å². The van der Waals surface area contributed by atoms with Gasteiger partial charge in [0.05, 0.1) is 0 Å². The van der Waals surface area contributed by atoms with Crippen molar-refractivity contribution in [2.45, 2.75) is 32.1 Å². The van der Waals surface area contributed by atoms with Gasteiger partial charge in [-0.3, -0.25) is 0 Å². The van der Waals surface area contributed by atoms with Crippen LogP contribution < -0.4 is 10.9 Å². The third-order valence-electron chi connectivity index (χ3n) is 2.65. The van der Waals surface area contributed by atoms with Crippen LogP contribution in [-0.2, 0) is 0 Å². The molecule has 0 saturated carbocycles. The first-order valence-electron chi connectivity index (χ1n) is 4.66. The lowest BCUT2D eigenvalue weighted by Crippen LogP contribution is -2.32. The summed E-state index contributed by atoms with van der Waals surface area (Å²) >= 11 is 0. The van der Waals surface area contributed by atoms with Crippen LogP contribution in [0.4, 0.5) is 0 Å². The van der Waals surface area contributed by atoms with E-state index in [1.54, 1.807) is 0 Å². The first-order chi connectivity index (χ1) is 5.47. The maximum absolute atomic E-state index is 3.29. The van der Waals surface area contributed by atoms with Crippen molar-refractivity contribution in [1.82, 2.24) is 10.9 Å². The summed E-state index contributed by atoms with van der Waals surface area (Å²) in [6.07, 6.45) is 9.07. The largest absolute Gasteiger partial charge is 0.326 e. The van der Waals surface area contributed by atoms with Crippen LogP contribution in [-0.4, -0.2) is 6.54 Å². The zero-order chi connectivity index (χ0) is 7.52. The van der Waals surface area contributed by atoms with Gasteiger partial charge in [0.2, 0.25) is 0 Å². The van der Waals surface area contributed by atoms with Gasteiger partial charge in [0.1, 0.15) is 0 Å². The molecule has 2 N–H and O–H groups in total. The average molecular weight is 152 g/mol. The minimum Gasteiger partial charge on any atom is -0.326 e. The standard InChI is InChI=1S/C9H16N2/c1-2-6-9-8(4-1)5-3-7-10-11-9/h6,8,10-11H,1-5,7H2. The fourth-order valence-electron chi connectivity index (χ4n) is 2.00. The second-order valence-corrected chi connectivity index (χ2v) is 3.48. The molecular weight excluding hydrogens is 136 g/mol. The molecule has 0 aromatic rings. The van der Waals surface area contributed by atoms with Gasteiger partial charge in [0.15, 0.2) is 0 Å². The quantitative estimate of drug-likeness (QED) is 0.550. The Kier molecular flexibility index (Phi) is 2.13. The molecule has 2 nitrogen and oxygen atoms in total. The van der Waals surface area contributed by atoms with Crippen molar-refractivity contribution in [2.75, 3.05) is 6.54 Å². The first kappa shape index (κ1) is 7.17. The molecule has 1 saturated heterocycles. The molecule has 11 heavy (non-hydrogen) atoms. The summed E-state index contributed by atoms with van der Waals surface area (Å²) in [4.78, 5) is 0. The summed E-state index contributed by atoms with van der Waals surface area (Å²) in [6, 6.07) is 0. The minimum absolute atomic E-state index is 0.832. The van der Waals surface area contributed by atoms with Crippen molar-refractivity contribution in [3.8, 4) is 0 Å². The van der Waals surface area contributed by atoms with Crippen molar-refractivity contribution in [2.24, 2.45) is 5.92 Å². The molecule has 0 aromatic carbocycles. The summed E-state index contributed by atoms with van der Waals surface area (Å²) in [5, 5.41) is 0. The number of hydrazine groups is 1. The first-order valence-corrected chi connectivity index (χ1v) is 4.66. The second kappa shape index (κ2) is 3.26. The number of hydrogen-bond donors (Lipinski definition) is 2. The van der Waals surface area contributed by atoms with Gasteiger partial charge in [0, 0.05) is 12.2 Å². The minimum atomic E-state index is 0.832. The van der Waals surface area contributed by atoms with Crippen LogP contribution in [0.1, 0.15) is 32.1 Å². The Labute approximate surface area is 68.0 Å². The Morgan fingerprint density at radius 3 is 3.18 bits per heavy atom. The Hall–Kier alpha value is -0.500. The van der Waals surface area contributed by atoms with Crippen LogP contribution in [0.2, 0.25) is 0 Å². The summed E-state index contributed by atoms with van der Waals surface area (Å²) < 4.78 is 0. The van der Waals surface area contributed by atoms with Crippen LogP contribution in [0.15, 0.2) is 11.8 Å². The monoisotopic (exact) mass is 152 g/mol. The van der Waals surface area contributed by atoms with Crippen LogP contribution in [0.3, 0.4) is 0 Å². The van der Waals surface area contributed by atoms with Crippen molar-refractivity contribution in [3.05, 3.63) is 11.8 Å². The highest BCUT2D eigenvalue weighted by Crippen LogP contribution is 2.27. The van der Waals surface area contributed by atoms with Gasteiger partial charge in [-0.15, -0.1) is 0 Å². The lowest BCUT2D eigenvalue weighted by Gasteiger charge is -2.21. The molecule has 1 atom stereocenters. The summed E-state index contributed by atoms with van der Waals surface area (Å²) in [5.74, 6) is 0.832. The normalized spacial score (nSPS) is 31.3. The molecule has 0 aromatic heterocycles. The Morgan fingerprint density at radius 1 is 1.27 bits per heavy atom. The van der Waals surface area contributed by atoms with E-state index in [1.165, 1.54) is 37.8 Å². The third kappa shape index (κ3) is 1.56. The predicted octanol–water partition coefficient (Wildman–Crippen LogP) is 1.56. The molecular formula is C9H16N2. The summed E-state index contributed by atoms with van der Waals surface area (Å²) in [5.41, 5.74) is 7.98. The highest BCUT2D eigenvalue weighted by atomic mass is 15.4. The number of rotatable bonds is 0. The number of nitrogens with one attached hydrogen (secondary N) is 2. The SMILES string of the molecule is C1=C2NNCCCC2CCC1. The van der Waals surface area contributed by atoms with E-state index in [0.29, 0.717) is 0 Å². The third-order valence-corrected chi connectivity index (χ3v) is 2.65. The molecule has 1 aliphatic carbocycles. The van der Waals surface area contributed by atoms with E-state index in [4.69, 9.17) is 0 Å². The molecule has 2 rings (SSSR count). The van der Waals surface area contributed by atoms with Gasteiger partial charge in [-0.25, -0.2) is 5.43 Å². The van der Waals surface area contributed by atoms with Crippen molar-refractivity contribution < 1.29 is 0 Å². The fraction of sp³-hybridized carbons (Fsp3) is 0.778. The van der Waals surface area contributed by atoms with Crippen LogP contribution in [0.5, 0.6) is 0 Å². The second-order valence-electron chi connectivity index (χ2n) is 3.48. The Balaban J connectivity index is 2.07. The van der Waals surface area contributed by atoms with E-state index in [9.17, 15) is 0 Å². The highest BCUT2D eigenvalue weighted by Gasteiger charge is 2.18. The van der Waals surface area contributed by atoms with Crippen molar-refractivity contribution >= 4 is 0 Å². The van der Waals surface area contributed by atoms with Gasteiger partial charge in [-0.05, 0) is 38.0 Å². The lowest BCUT2D eigenvalue weighted by atomic mass is 9.89. The van der Waals surface area contributed by atoms with Gasteiger partial charge in [-0.2, -0.15) is 0 Å². The molecule has 0 amide bonds. The van der Waals surface area contributed by atoms with Crippen molar-refractivity contribution in [3.63, 3.8) is 0 Å². The van der Waals surface area contributed by atoms with E-state index in [1.807, 2.05) is 0 Å². The molecule has 2 heteroatoms. The van der Waals surface area contributed by atoms with E-state index >= 15 is 0 Å². The van der Waals surface area contributed by atoms with E-state index in [2.05, 4.69) is 16.9 Å². The molecule has 0 spiro atoms. The van der Waals surface area contributed by atoms with E-state index in [-0.39, 0.29) is 0 Å². The molecule has 62 valence electrons. The number of allylic oxidation sites excluding steroid dienone is 2.